The lowest BCUT2D eigenvalue weighted by Crippen LogP contribution is -2.46. The molecule has 1 atom stereocenters. The molecule has 1 N–H and O–H groups in total. The zero-order valence-corrected chi connectivity index (χ0v) is 20.5. The van der Waals surface area contributed by atoms with E-state index in [9.17, 15) is 4.79 Å². The number of rotatable bonds is 7. The monoisotopic (exact) mass is 435 g/mol. The van der Waals surface area contributed by atoms with Crippen LogP contribution in [0.1, 0.15) is 56.7 Å². The number of carbonyl (C=O) groups excluding carboxylic acids is 1. The maximum Gasteiger partial charge on any atom is 0.250 e. The summed E-state index contributed by atoms with van der Waals surface area (Å²) in [6, 6.07) is 2.16. The molecule has 1 saturated heterocycles. The van der Waals surface area contributed by atoms with Crippen LogP contribution in [0, 0.1) is 0 Å². The van der Waals surface area contributed by atoms with Gasteiger partial charge in [0.25, 0.3) is 5.91 Å². The van der Waals surface area contributed by atoms with Crippen LogP contribution in [0.3, 0.4) is 0 Å². The second-order valence-corrected chi connectivity index (χ2v) is 14.5. The summed E-state index contributed by atoms with van der Waals surface area (Å²) in [5, 5.41) is 3.44. The highest BCUT2D eigenvalue weighted by atomic mass is 28.4. The smallest absolute Gasteiger partial charge is 0.250 e. The number of pyridine rings is 1. The topological polar surface area (TPSA) is 72.9 Å². The van der Waals surface area contributed by atoms with E-state index in [0.717, 1.165) is 42.9 Å². The molecule has 2 aliphatic rings. The third-order valence-corrected chi connectivity index (χ3v) is 11.1. The number of fused-ring (bicyclic) bond motifs is 1. The van der Waals surface area contributed by atoms with Gasteiger partial charge in [-0.3, -0.25) is 4.79 Å². The van der Waals surface area contributed by atoms with Crippen LogP contribution in [0.4, 0.5) is 5.82 Å². The Bertz CT molecular complexity index is 774. The maximum atomic E-state index is 13.2. The SMILES string of the molecule is COC(OC)c1nc2c(cc1CN1CCC(O[Si](C)(C)C(C)(C)C)C1=O)CCCN2. The molecule has 7 nitrogen and oxygen atoms in total. The number of aryl methyl sites for hydroxylation is 1. The Balaban J connectivity index is 1.81. The van der Waals surface area contributed by atoms with Gasteiger partial charge in [-0.1, -0.05) is 20.8 Å². The van der Waals surface area contributed by atoms with E-state index in [2.05, 4.69) is 45.2 Å². The van der Waals surface area contributed by atoms with Crippen LogP contribution in [0.5, 0.6) is 0 Å². The van der Waals surface area contributed by atoms with Gasteiger partial charge in [0.15, 0.2) is 8.32 Å². The Hall–Kier alpha value is -1.48. The summed E-state index contributed by atoms with van der Waals surface area (Å²) in [6.07, 6.45) is 1.89. The molecule has 0 bridgehead atoms. The number of nitrogens with one attached hydrogen (secondary N) is 1. The van der Waals surface area contributed by atoms with E-state index in [0.29, 0.717) is 13.1 Å². The Morgan fingerprint density at radius 3 is 2.63 bits per heavy atom. The van der Waals surface area contributed by atoms with Crippen LogP contribution in [-0.4, -0.2) is 57.5 Å². The van der Waals surface area contributed by atoms with Gasteiger partial charge in [0.1, 0.15) is 17.6 Å². The molecule has 1 amide bonds. The average molecular weight is 436 g/mol. The molecule has 1 aromatic heterocycles. The Morgan fingerprint density at radius 1 is 1.30 bits per heavy atom. The summed E-state index contributed by atoms with van der Waals surface area (Å²) in [5.41, 5.74) is 2.90. The molecule has 3 rings (SSSR count). The number of nitrogens with zero attached hydrogens (tertiary/aromatic N) is 2. The number of hydrogen-bond acceptors (Lipinski definition) is 6. The third kappa shape index (κ3) is 4.71. The summed E-state index contributed by atoms with van der Waals surface area (Å²) in [7, 11) is 1.21. The second kappa shape index (κ2) is 8.94. The lowest BCUT2D eigenvalue weighted by Gasteiger charge is -2.37. The normalized spacial score (nSPS) is 19.9. The number of hydrogen-bond donors (Lipinski definition) is 1. The first kappa shape index (κ1) is 23.2. The molecule has 168 valence electrons. The van der Waals surface area contributed by atoms with E-state index < -0.39 is 14.6 Å². The molecule has 0 saturated carbocycles. The van der Waals surface area contributed by atoms with Gasteiger partial charge >= 0.3 is 0 Å². The van der Waals surface area contributed by atoms with Crippen molar-refractivity contribution < 1.29 is 18.7 Å². The number of likely N-dealkylation sites (tertiary alicyclic amines) is 1. The first-order valence-electron chi connectivity index (χ1n) is 10.9. The second-order valence-electron chi connectivity index (χ2n) is 9.79. The third-order valence-electron chi connectivity index (χ3n) is 6.63. The quantitative estimate of drug-likeness (QED) is 0.518. The fourth-order valence-corrected chi connectivity index (χ4v) is 5.09. The average Bonchev–Trinajstić information content (AvgIpc) is 3.01. The Labute approximate surface area is 181 Å². The van der Waals surface area contributed by atoms with Crippen molar-refractivity contribution in [3.63, 3.8) is 0 Å². The van der Waals surface area contributed by atoms with Crippen LogP contribution in [0.25, 0.3) is 0 Å². The van der Waals surface area contributed by atoms with E-state index in [1.807, 2.05) is 4.90 Å². The lowest BCUT2D eigenvalue weighted by atomic mass is 10.0. The van der Waals surface area contributed by atoms with Crippen molar-refractivity contribution in [2.24, 2.45) is 0 Å². The zero-order valence-electron chi connectivity index (χ0n) is 19.5. The molecule has 0 radical (unpaired) electrons. The molecule has 1 aromatic rings. The molecule has 1 fully saturated rings. The highest BCUT2D eigenvalue weighted by Crippen LogP contribution is 2.39. The van der Waals surface area contributed by atoms with E-state index in [1.54, 1.807) is 14.2 Å². The standard InChI is InChI=1S/C22H37N3O4Si/c1-22(2,3)30(6,7)29-17-10-12-25(20(17)26)14-16-13-15-9-8-11-23-19(15)24-18(16)21(27-4)28-5/h13,17,21H,8-12,14H2,1-7H3,(H,23,24). The Morgan fingerprint density at radius 2 is 2.00 bits per heavy atom. The predicted octanol–water partition coefficient (Wildman–Crippen LogP) is 3.85. The molecular formula is C22H37N3O4Si. The predicted molar refractivity (Wildman–Crippen MR) is 120 cm³/mol. The van der Waals surface area contributed by atoms with Gasteiger partial charge in [-0.25, -0.2) is 4.98 Å². The molecule has 1 unspecified atom stereocenters. The van der Waals surface area contributed by atoms with Crippen molar-refractivity contribution in [1.29, 1.82) is 0 Å². The van der Waals surface area contributed by atoms with Crippen molar-refractivity contribution in [2.75, 3.05) is 32.6 Å². The number of amides is 1. The van der Waals surface area contributed by atoms with Crippen molar-refractivity contribution in [3.05, 3.63) is 22.9 Å². The van der Waals surface area contributed by atoms with Crippen LogP contribution in [0.15, 0.2) is 6.07 Å². The Kier molecular flexibility index (Phi) is 6.91. The molecule has 0 aliphatic carbocycles. The lowest BCUT2D eigenvalue weighted by molar-refractivity contribution is -0.134. The highest BCUT2D eigenvalue weighted by Gasteiger charge is 2.43. The van der Waals surface area contributed by atoms with Crippen LogP contribution in [-0.2, 0) is 31.7 Å². The minimum absolute atomic E-state index is 0.0768. The van der Waals surface area contributed by atoms with Crippen LogP contribution < -0.4 is 5.32 Å². The number of aromatic nitrogens is 1. The fourth-order valence-electron chi connectivity index (χ4n) is 3.81. The number of anilines is 1. The molecular weight excluding hydrogens is 398 g/mol. The van der Waals surface area contributed by atoms with Gasteiger partial charge in [-0.05, 0) is 54.6 Å². The first-order chi connectivity index (χ1) is 14.1. The maximum absolute atomic E-state index is 13.2. The first-order valence-corrected chi connectivity index (χ1v) is 13.8. The van der Waals surface area contributed by atoms with E-state index in [1.165, 1.54) is 5.56 Å². The van der Waals surface area contributed by atoms with Gasteiger partial charge in [-0.2, -0.15) is 0 Å². The zero-order chi connectivity index (χ0) is 22.1. The van der Waals surface area contributed by atoms with Crippen molar-refractivity contribution in [2.45, 2.75) is 77.1 Å². The summed E-state index contributed by atoms with van der Waals surface area (Å²) in [4.78, 5) is 19.9. The van der Waals surface area contributed by atoms with Crippen LogP contribution in [0.2, 0.25) is 18.1 Å². The van der Waals surface area contributed by atoms with Gasteiger partial charge in [0.05, 0.1) is 0 Å². The number of carbonyl (C=O) groups is 1. The fraction of sp³-hybridized carbons (Fsp3) is 0.727. The van der Waals surface area contributed by atoms with Crippen molar-refractivity contribution in [1.82, 2.24) is 9.88 Å². The summed E-state index contributed by atoms with van der Waals surface area (Å²) in [5.74, 6) is 0.971. The molecule has 3 heterocycles. The van der Waals surface area contributed by atoms with Gasteiger partial charge in [-0.15, -0.1) is 0 Å². The van der Waals surface area contributed by atoms with Gasteiger partial charge < -0.3 is 24.1 Å². The van der Waals surface area contributed by atoms with Gasteiger partial charge in [0.2, 0.25) is 6.29 Å². The molecule has 30 heavy (non-hydrogen) atoms. The molecule has 2 aliphatic heterocycles. The van der Waals surface area contributed by atoms with Crippen molar-refractivity contribution >= 4 is 20.0 Å². The van der Waals surface area contributed by atoms with E-state index in [-0.39, 0.29) is 17.0 Å². The van der Waals surface area contributed by atoms with Gasteiger partial charge in [0, 0.05) is 33.9 Å². The number of ether oxygens (including phenoxy) is 2. The summed E-state index contributed by atoms with van der Waals surface area (Å²) < 4.78 is 17.4. The summed E-state index contributed by atoms with van der Waals surface area (Å²) in [6.45, 7) is 13.1. The minimum atomic E-state index is -2.00. The van der Waals surface area contributed by atoms with Crippen LogP contribution >= 0.6 is 0 Å². The van der Waals surface area contributed by atoms with E-state index >= 15 is 0 Å². The summed E-state index contributed by atoms with van der Waals surface area (Å²) >= 11 is 0. The molecule has 0 spiro atoms. The highest BCUT2D eigenvalue weighted by molar-refractivity contribution is 6.74. The molecule has 8 heteroatoms. The van der Waals surface area contributed by atoms with E-state index in [4.69, 9.17) is 18.9 Å². The number of methoxy groups -OCH3 is 2. The minimum Gasteiger partial charge on any atom is -0.405 e. The largest absolute Gasteiger partial charge is 0.405 e. The molecule has 0 aromatic carbocycles. The van der Waals surface area contributed by atoms with Crippen molar-refractivity contribution in [3.8, 4) is 0 Å².